The molecule has 0 aliphatic heterocycles. The van der Waals surface area contributed by atoms with E-state index >= 15 is 0 Å². The Hall–Kier alpha value is 1.02. The van der Waals surface area contributed by atoms with E-state index in [0.29, 0.717) is 0 Å². The Labute approximate surface area is 69.4 Å². The van der Waals surface area contributed by atoms with Gasteiger partial charge in [0.05, 0.1) is 0 Å². The van der Waals surface area contributed by atoms with Gasteiger partial charge in [-0.25, -0.2) is 0 Å². The molecular weight excluding hydrogens is 169 g/mol. The standard InChI is InChI=1S/C4H9O2.Y/c1-4(5-2)6-3;/h4H,1H2,2-3H3;/q-1;. The molecule has 0 amide bonds. The van der Waals surface area contributed by atoms with Gasteiger partial charge in [-0.2, -0.15) is 0 Å². The Morgan fingerprint density at radius 1 is 1.29 bits per heavy atom. The first kappa shape index (κ1) is 10.9. The van der Waals surface area contributed by atoms with Gasteiger partial charge >= 0.3 is 0 Å². The summed E-state index contributed by atoms with van der Waals surface area (Å²) in [5, 5.41) is 0. The molecule has 0 rings (SSSR count). The van der Waals surface area contributed by atoms with Gasteiger partial charge < -0.3 is 9.47 Å². The summed E-state index contributed by atoms with van der Waals surface area (Å²) in [4.78, 5) is 0. The third-order valence-electron chi connectivity index (χ3n) is 0.526. The number of ether oxygens (including phenoxy) is 2. The summed E-state index contributed by atoms with van der Waals surface area (Å²) in [7, 11) is 3.09. The SMILES string of the molecule is [CH2-]C(OC)OC.[Y]. The minimum atomic E-state index is -0.315. The second kappa shape index (κ2) is 7.02. The van der Waals surface area contributed by atoms with E-state index < -0.39 is 0 Å². The van der Waals surface area contributed by atoms with Crippen molar-refractivity contribution in [3.8, 4) is 0 Å². The maximum absolute atomic E-state index is 4.57. The molecule has 0 aromatic heterocycles. The van der Waals surface area contributed by atoms with Crippen LogP contribution in [-0.2, 0) is 42.2 Å². The summed E-state index contributed by atoms with van der Waals surface area (Å²) >= 11 is 0. The van der Waals surface area contributed by atoms with Crippen molar-refractivity contribution in [3.63, 3.8) is 0 Å². The minimum Gasteiger partial charge on any atom is -0.387 e. The first-order valence-corrected chi connectivity index (χ1v) is 1.70. The van der Waals surface area contributed by atoms with Crippen molar-refractivity contribution in [1.82, 2.24) is 0 Å². The average molecular weight is 178 g/mol. The van der Waals surface area contributed by atoms with E-state index in [1.165, 1.54) is 0 Å². The number of methoxy groups -OCH3 is 2. The molecule has 7 heavy (non-hydrogen) atoms. The zero-order valence-corrected chi connectivity index (χ0v) is 7.52. The van der Waals surface area contributed by atoms with Gasteiger partial charge in [0.25, 0.3) is 0 Å². The molecule has 41 valence electrons. The monoisotopic (exact) mass is 178 g/mol. The molecule has 0 N–H and O–H groups in total. The second-order valence-corrected chi connectivity index (χ2v) is 0.901. The number of rotatable bonds is 2. The topological polar surface area (TPSA) is 18.5 Å². The third kappa shape index (κ3) is 7.02. The van der Waals surface area contributed by atoms with Crippen molar-refractivity contribution in [1.29, 1.82) is 0 Å². The predicted octanol–water partition coefficient (Wildman–Crippen LogP) is 0.437. The first-order chi connectivity index (χ1) is 2.81. The van der Waals surface area contributed by atoms with Crippen molar-refractivity contribution < 1.29 is 42.2 Å². The molecule has 0 aliphatic carbocycles. The molecule has 0 heterocycles. The van der Waals surface area contributed by atoms with E-state index in [2.05, 4.69) is 16.4 Å². The molecule has 0 bridgehead atoms. The zero-order chi connectivity index (χ0) is 4.99. The molecular formula is C4H9O2Y-. The molecule has 0 saturated heterocycles. The largest absolute Gasteiger partial charge is 0.387 e. The Kier molecular flexibility index (Phi) is 10.9. The Bertz CT molecular complexity index is 28.9. The van der Waals surface area contributed by atoms with Gasteiger partial charge in [-0.05, 0) is 0 Å². The fourth-order valence-corrected chi connectivity index (χ4v) is 0.0962. The van der Waals surface area contributed by atoms with Crippen LogP contribution in [0.5, 0.6) is 0 Å². The molecule has 2 nitrogen and oxygen atoms in total. The molecule has 0 aliphatic rings. The number of hydrogen-bond acceptors (Lipinski definition) is 2. The van der Waals surface area contributed by atoms with Crippen LogP contribution in [0, 0.1) is 6.92 Å². The van der Waals surface area contributed by atoms with Crippen molar-refractivity contribution in [2.75, 3.05) is 14.2 Å². The molecule has 0 aromatic carbocycles. The van der Waals surface area contributed by atoms with E-state index in [-0.39, 0.29) is 39.0 Å². The molecule has 0 unspecified atom stereocenters. The van der Waals surface area contributed by atoms with E-state index in [9.17, 15) is 0 Å². The van der Waals surface area contributed by atoms with Crippen LogP contribution < -0.4 is 0 Å². The fourth-order valence-electron chi connectivity index (χ4n) is 0.0962. The van der Waals surface area contributed by atoms with Crippen LogP contribution in [0.2, 0.25) is 0 Å². The summed E-state index contributed by atoms with van der Waals surface area (Å²) < 4.78 is 9.13. The maximum atomic E-state index is 4.57. The average Bonchev–Trinajstić information content (AvgIpc) is 1.65. The van der Waals surface area contributed by atoms with Gasteiger partial charge in [-0.1, -0.05) is 0 Å². The van der Waals surface area contributed by atoms with Crippen LogP contribution in [0.4, 0.5) is 0 Å². The first-order valence-electron chi connectivity index (χ1n) is 1.70. The van der Waals surface area contributed by atoms with Crippen molar-refractivity contribution in [2.45, 2.75) is 6.29 Å². The van der Waals surface area contributed by atoms with Crippen molar-refractivity contribution in [2.24, 2.45) is 0 Å². The van der Waals surface area contributed by atoms with Gasteiger partial charge in [-0.15, -0.1) is 0 Å². The van der Waals surface area contributed by atoms with Crippen molar-refractivity contribution in [3.05, 3.63) is 6.92 Å². The molecule has 3 heteroatoms. The number of hydrogen-bond donors (Lipinski definition) is 0. The normalized spacial score (nSPS) is 8.57. The molecule has 0 spiro atoms. The molecule has 0 atom stereocenters. The van der Waals surface area contributed by atoms with Crippen LogP contribution in [0.1, 0.15) is 0 Å². The van der Waals surface area contributed by atoms with Gasteiger partial charge in [0.15, 0.2) is 0 Å². The van der Waals surface area contributed by atoms with Gasteiger partial charge in [0, 0.05) is 53.2 Å². The third-order valence-corrected chi connectivity index (χ3v) is 0.526. The predicted molar refractivity (Wildman–Crippen MR) is 23.2 cm³/mol. The van der Waals surface area contributed by atoms with Crippen LogP contribution in [0.15, 0.2) is 0 Å². The molecule has 1 radical (unpaired) electrons. The van der Waals surface area contributed by atoms with Crippen LogP contribution in [0.25, 0.3) is 0 Å². The Balaban J connectivity index is 0. The van der Waals surface area contributed by atoms with Crippen molar-refractivity contribution >= 4 is 0 Å². The van der Waals surface area contributed by atoms with E-state index in [1.807, 2.05) is 0 Å². The quantitative estimate of drug-likeness (QED) is 0.451. The van der Waals surface area contributed by atoms with Crippen LogP contribution in [0.3, 0.4) is 0 Å². The molecule has 0 fully saturated rings. The van der Waals surface area contributed by atoms with E-state index in [4.69, 9.17) is 0 Å². The summed E-state index contributed by atoms with van der Waals surface area (Å²) in [5.41, 5.74) is 0. The minimum absolute atomic E-state index is 0. The second-order valence-electron chi connectivity index (χ2n) is 0.901. The van der Waals surface area contributed by atoms with Gasteiger partial charge in [-0.3, -0.25) is 6.92 Å². The summed E-state index contributed by atoms with van der Waals surface area (Å²) in [6.45, 7) is 3.43. The maximum Gasteiger partial charge on any atom is 0.0352 e. The molecule has 0 aromatic rings. The molecule has 0 saturated carbocycles. The van der Waals surface area contributed by atoms with Crippen LogP contribution in [-0.4, -0.2) is 20.5 Å². The fraction of sp³-hybridized carbons (Fsp3) is 0.750. The van der Waals surface area contributed by atoms with E-state index in [0.717, 1.165) is 0 Å². The smallest absolute Gasteiger partial charge is 0.0352 e. The summed E-state index contributed by atoms with van der Waals surface area (Å²) in [5.74, 6) is 0. The Morgan fingerprint density at radius 2 is 1.57 bits per heavy atom. The zero-order valence-electron chi connectivity index (χ0n) is 4.68. The van der Waals surface area contributed by atoms with Crippen LogP contribution >= 0.6 is 0 Å². The Morgan fingerprint density at radius 3 is 1.57 bits per heavy atom. The van der Waals surface area contributed by atoms with Gasteiger partial charge in [0.2, 0.25) is 0 Å². The summed E-state index contributed by atoms with van der Waals surface area (Å²) in [6.07, 6.45) is -0.315. The summed E-state index contributed by atoms with van der Waals surface area (Å²) in [6, 6.07) is 0. The van der Waals surface area contributed by atoms with E-state index in [1.54, 1.807) is 14.2 Å². The van der Waals surface area contributed by atoms with Gasteiger partial charge in [0.1, 0.15) is 0 Å².